The number of H-pyrrole nitrogens is 1. The number of pyridine rings is 1. The maximum Gasteiger partial charge on any atom is 0.260 e. The number of aromatic nitrogens is 2. The van der Waals surface area contributed by atoms with E-state index in [0.29, 0.717) is 23.2 Å². The van der Waals surface area contributed by atoms with E-state index in [9.17, 15) is 10.1 Å². The van der Waals surface area contributed by atoms with Crippen LogP contribution in [0.1, 0.15) is 23.6 Å². The van der Waals surface area contributed by atoms with Crippen LogP contribution in [-0.4, -0.2) is 9.38 Å². The molecule has 0 saturated heterocycles. The van der Waals surface area contributed by atoms with Gasteiger partial charge in [-0.2, -0.15) is 5.26 Å². The Kier molecular flexibility index (Phi) is 2.42. The number of benzene rings is 1. The predicted molar refractivity (Wildman–Crippen MR) is 74.4 cm³/mol. The highest BCUT2D eigenvalue weighted by molar-refractivity contribution is 5.82. The summed E-state index contributed by atoms with van der Waals surface area (Å²) in [4.78, 5) is 15.7. The first-order chi connectivity index (χ1) is 9.19. The minimum atomic E-state index is -0.0357. The lowest BCUT2D eigenvalue weighted by atomic mass is 10.0. The number of aromatic amines is 1. The monoisotopic (exact) mass is 251 g/mol. The summed E-state index contributed by atoms with van der Waals surface area (Å²) >= 11 is 0. The van der Waals surface area contributed by atoms with Crippen LogP contribution in [0.15, 0.2) is 29.1 Å². The van der Waals surface area contributed by atoms with E-state index in [4.69, 9.17) is 0 Å². The lowest BCUT2D eigenvalue weighted by Crippen LogP contribution is -2.20. The van der Waals surface area contributed by atoms with Crippen LogP contribution in [-0.2, 0) is 6.42 Å². The van der Waals surface area contributed by atoms with Crippen molar-refractivity contribution in [2.45, 2.75) is 20.3 Å². The van der Waals surface area contributed by atoms with E-state index in [-0.39, 0.29) is 5.56 Å². The van der Waals surface area contributed by atoms with E-state index in [0.717, 1.165) is 16.6 Å². The number of hydrogen-bond donors (Lipinski definition) is 1. The Morgan fingerprint density at radius 3 is 2.79 bits per heavy atom. The van der Waals surface area contributed by atoms with Gasteiger partial charge in [-0.15, -0.1) is 0 Å². The molecule has 0 fully saturated rings. The van der Waals surface area contributed by atoms with Crippen LogP contribution in [0.2, 0.25) is 0 Å². The van der Waals surface area contributed by atoms with Gasteiger partial charge >= 0.3 is 0 Å². The van der Waals surface area contributed by atoms with Crippen LogP contribution >= 0.6 is 0 Å². The van der Waals surface area contributed by atoms with E-state index in [1.807, 2.05) is 38.1 Å². The molecule has 0 aliphatic heterocycles. The van der Waals surface area contributed by atoms with Gasteiger partial charge in [-0.1, -0.05) is 19.1 Å². The fraction of sp³-hybridized carbons (Fsp3) is 0.200. The maximum absolute atomic E-state index is 12.6. The number of nitrogens with zero attached hydrogens (tertiary/aromatic N) is 2. The van der Waals surface area contributed by atoms with Crippen molar-refractivity contribution < 1.29 is 0 Å². The molecule has 0 radical (unpaired) electrons. The lowest BCUT2D eigenvalue weighted by Gasteiger charge is -2.06. The normalized spacial score (nSPS) is 11.0. The van der Waals surface area contributed by atoms with E-state index >= 15 is 0 Å². The second-order valence-corrected chi connectivity index (χ2v) is 4.58. The van der Waals surface area contributed by atoms with Crippen LogP contribution < -0.4 is 5.56 Å². The Morgan fingerprint density at radius 2 is 2.11 bits per heavy atom. The van der Waals surface area contributed by atoms with Gasteiger partial charge in [-0.3, -0.25) is 9.20 Å². The summed E-state index contributed by atoms with van der Waals surface area (Å²) in [5.41, 5.74) is 4.26. The van der Waals surface area contributed by atoms with Gasteiger partial charge in [0.1, 0.15) is 11.7 Å². The van der Waals surface area contributed by atoms with E-state index < -0.39 is 0 Å². The third-order valence-electron chi connectivity index (χ3n) is 3.61. The number of rotatable bonds is 1. The maximum atomic E-state index is 12.6. The molecule has 19 heavy (non-hydrogen) atoms. The molecule has 4 heteroatoms. The van der Waals surface area contributed by atoms with Crippen LogP contribution in [0.3, 0.4) is 0 Å². The number of hydrogen-bond acceptors (Lipinski definition) is 2. The highest BCUT2D eigenvalue weighted by Gasteiger charge is 2.16. The summed E-state index contributed by atoms with van der Waals surface area (Å²) in [5.74, 6) is 0. The third-order valence-corrected chi connectivity index (χ3v) is 3.61. The SMILES string of the molecule is CCc1c(C)c(C#N)c2[nH]c3ccccc3n2c1=O. The van der Waals surface area contributed by atoms with Gasteiger partial charge in [0, 0.05) is 5.56 Å². The molecule has 0 bridgehead atoms. The fourth-order valence-corrected chi connectivity index (χ4v) is 2.64. The zero-order valence-electron chi connectivity index (χ0n) is 10.8. The standard InChI is InChI=1S/C15H13N3O/c1-3-10-9(2)11(8-16)14-17-12-6-4-5-7-13(12)18(14)15(10)19/h4-7,17H,3H2,1-2H3. The molecular weight excluding hydrogens is 238 g/mol. The van der Waals surface area contributed by atoms with E-state index in [1.165, 1.54) is 0 Å². The largest absolute Gasteiger partial charge is 0.338 e. The molecule has 0 spiro atoms. The smallest absolute Gasteiger partial charge is 0.260 e. The molecule has 4 nitrogen and oxygen atoms in total. The molecule has 0 amide bonds. The quantitative estimate of drug-likeness (QED) is 0.722. The first-order valence-corrected chi connectivity index (χ1v) is 6.24. The van der Waals surface area contributed by atoms with Gasteiger partial charge in [0.25, 0.3) is 5.56 Å². The molecule has 3 aromatic rings. The molecule has 0 aliphatic carbocycles. The van der Waals surface area contributed by atoms with Gasteiger partial charge in [0.2, 0.25) is 0 Å². The molecule has 0 unspecified atom stereocenters. The summed E-state index contributed by atoms with van der Waals surface area (Å²) in [6.07, 6.45) is 0.627. The van der Waals surface area contributed by atoms with Crippen LogP contribution in [0, 0.1) is 18.3 Å². The third kappa shape index (κ3) is 1.42. The molecule has 94 valence electrons. The summed E-state index contributed by atoms with van der Waals surface area (Å²) in [6, 6.07) is 9.80. The van der Waals surface area contributed by atoms with Crippen molar-refractivity contribution in [2.75, 3.05) is 0 Å². The van der Waals surface area contributed by atoms with Crippen molar-refractivity contribution in [3.63, 3.8) is 0 Å². The molecule has 2 aromatic heterocycles. The number of para-hydroxylation sites is 2. The zero-order chi connectivity index (χ0) is 13.6. The average molecular weight is 251 g/mol. The van der Waals surface area contributed by atoms with Crippen molar-refractivity contribution >= 4 is 16.7 Å². The minimum Gasteiger partial charge on any atom is -0.338 e. The van der Waals surface area contributed by atoms with Gasteiger partial charge in [0.15, 0.2) is 0 Å². The number of imidazole rings is 1. The molecule has 0 atom stereocenters. The molecule has 0 aliphatic rings. The van der Waals surface area contributed by atoms with Gasteiger partial charge in [-0.05, 0) is 31.0 Å². The topological polar surface area (TPSA) is 61.1 Å². The van der Waals surface area contributed by atoms with E-state index in [1.54, 1.807) is 4.40 Å². The van der Waals surface area contributed by atoms with Crippen molar-refractivity contribution in [1.82, 2.24) is 9.38 Å². The molecular formula is C15H13N3O. The fourth-order valence-electron chi connectivity index (χ4n) is 2.64. The Hall–Kier alpha value is -2.54. The highest BCUT2D eigenvalue weighted by Crippen LogP contribution is 2.21. The highest BCUT2D eigenvalue weighted by atomic mass is 16.1. The van der Waals surface area contributed by atoms with Crippen molar-refractivity contribution in [1.29, 1.82) is 5.26 Å². The molecule has 0 saturated carbocycles. The van der Waals surface area contributed by atoms with Crippen molar-refractivity contribution in [3.8, 4) is 6.07 Å². The number of nitrogens with one attached hydrogen (secondary N) is 1. The number of nitriles is 1. The Balaban J connectivity index is 2.69. The first-order valence-electron chi connectivity index (χ1n) is 6.24. The van der Waals surface area contributed by atoms with Gasteiger partial charge in [0.05, 0.1) is 16.6 Å². The molecule has 3 rings (SSSR count). The second kappa shape index (κ2) is 3.99. The summed E-state index contributed by atoms with van der Waals surface area (Å²) in [6.45, 7) is 3.77. The van der Waals surface area contributed by atoms with Crippen LogP contribution in [0.25, 0.3) is 16.7 Å². The van der Waals surface area contributed by atoms with Gasteiger partial charge < -0.3 is 4.98 Å². The summed E-state index contributed by atoms with van der Waals surface area (Å²) < 4.78 is 1.61. The molecule has 1 aromatic carbocycles. The molecule has 2 heterocycles. The zero-order valence-corrected chi connectivity index (χ0v) is 10.8. The lowest BCUT2D eigenvalue weighted by molar-refractivity contribution is 1.00. The average Bonchev–Trinajstić information content (AvgIpc) is 2.79. The van der Waals surface area contributed by atoms with Crippen LogP contribution in [0.4, 0.5) is 0 Å². The number of fused-ring (bicyclic) bond motifs is 3. The van der Waals surface area contributed by atoms with Crippen molar-refractivity contribution in [2.24, 2.45) is 0 Å². The Morgan fingerprint density at radius 1 is 1.37 bits per heavy atom. The van der Waals surface area contributed by atoms with E-state index in [2.05, 4.69) is 11.1 Å². The summed E-state index contributed by atoms with van der Waals surface area (Å²) in [5, 5.41) is 9.37. The Labute approximate surface area is 109 Å². The minimum absolute atomic E-state index is 0.0357. The molecule has 1 N–H and O–H groups in total. The predicted octanol–water partition coefficient (Wildman–Crippen LogP) is 2.52. The first kappa shape index (κ1) is 11.5. The van der Waals surface area contributed by atoms with Gasteiger partial charge in [-0.25, -0.2) is 0 Å². The van der Waals surface area contributed by atoms with Crippen molar-refractivity contribution in [3.05, 3.63) is 51.3 Å². The Bertz CT molecular complexity index is 894. The van der Waals surface area contributed by atoms with Crippen LogP contribution in [0.5, 0.6) is 0 Å². The summed E-state index contributed by atoms with van der Waals surface area (Å²) in [7, 11) is 0. The second-order valence-electron chi connectivity index (χ2n) is 4.58.